The third-order valence-corrected chi connectivity index (χ3v) is 7.38. The van der Waals surface area contributed by atoms with E-state index in [0.717, 1.165) is 31.1 Å². The van der Waals surface area contributed by atoms with Crippen molar-refractivity contribution in [1.82, 2.24) is 5.09 Å². The zero-order chi connectivity index (χ0) is 17.6. The van der Waals surface area contributed by atoms with Crippen molar-refractivity contribution in [2.75, 3.05) is 6.54 Å². The van der Waals surface area contributed by atoms with Crippen molar-refractivity contribution in [3.8, 4) is 0 Å². The van der Waals surface area contributed by atoms with E-state index in [1.165, 1.54) is 12.8 Å². The molecule has 0 bridgehead atoms. The summed E-state index contributed by atoms with van der Waals surface area (Å²) in [5, 5.41) is 4.06. The Hall–Kier alpha value is -0.630. The lowest BCUT2D eigenvalue weighted by molar-refractivity contribution is 0.0483. The summed E-state index contributed by atoms with van der Waals surface area (Å²) in [6, 6.07) is 9.69. The van der Waals surface area contributed by atoms with Gasteiger partial charge in [-0.2, -0.15) is 0 Å². The first kappa shape index (κ1) is 19.7. The molecule has 0 aromatic heterocycles. The fourth-order valence-electron chi connectivity index (χ4n) is 3.64. The van der Waals surface area contributed by atoms with Crippen LogP contribution in [0.4, 0.5) is 0 Å². The van der Waals surface area contributed by atoms with Crippen LogP contribution in [0.1, 0.15) is 59.8 Å². The Morgan fingerprint density at radius 3 is 2.58 bits per heavy atom. The SMILES string of the molecule is CCCCN[P@@](=O)(O[C@H]1C[C@@H](C)CC[C@@H]1C(C)C)c1ccccc1. The van der Waals surface area contributed by atoms with Crippen LogP contribution in [-0.2, 0) is 9.09 Å². The summed E-state index contributed by atoms with van der Waals surface area (Å²) < 4.78 is 20.1. The van der Waals surface area contributed by atoms with Crippen LogP contribution >= 0.6 is 7.52 Å². The minimum atomic E-state index is -3.02. The largest absolute Gasteiger partial charge is 0.311 e. The third-order valence-electron chi connectivity index (χ3n) is 5.19. The zero-order valence-corrected chi connectivity index (χ0v) is 16.6. The van der Waals surface area contributed by atoms with Crippen LogP contribution in [0.3, 0.4) is 0 Å². The van der Waals surface area contributed by atoms with Crippen molar-refractivity contribution in [1.29, 1.82) is 0 Å². The minimum Gasteiger partial charge on any atom is -0.311 e. The third kappa shape index (κ3) is 5.18. The highest BCUT2D eigenvalue weighted by Gasteiger charge is 2.37. The van der Waals surface area contributed by atoms with E-state index >= 15 is 0 Å². The van der Waals surface area contributed by atoms with Gasteiger partial charge in [0.1, 0.15) is 0 Å². The second kappa shape index (κ2) is 9.17. The number of unbranched alkanes of at least 4 members (excludes halogenated alkanes) is 1. The quantitative estimate of drug-likeness (QED) is 0.505. The van der Waals surface area contributed by atoms with E-state index in [2.05, 4.69) is 32.8 Å². The van der Waals surface area contributed by atoms with E-state index in [4.69, 9.17) is 4.52 Å². The standard InChI is InChI=1S/C20H34NO2P/c1-5-6-14-21-24(22,18-10-8-7-9-11-18)23-20-15-17(4)12-13-19(20)16(2)3/h7-11,16-17,19-20H,5-6,12-15H2,1-4H3,(H,21,22)/t17-,19+,20-,24-/m0/s1. The van der Waals surface area contributed by atoms with Crippen LogP contribution in [0.15, 0.2) is 30.3 Å². The molecule has 1 aliphatic rings. The molecular formula is C20H34NO2P. The van der Waals surface area contributed by atoms with Crippen LogP contribution in [-0.4, -0.2) is 12.6 Å². The average Bonchev–Trinajstić information content (AvgIpc) is 2.55. The van der Waals surface area contributed by atoms with Gasteiger partial charge in [0.2, 0.25) is 0 Å². The molecule has 4 atom stereocenters. The molecule has 3 nitrogen and oxygen atoms in total. The first-order chi connectivity index (χ1) is 11.5. The maximum Gasteiger partial charge on any atom is 0.299 e. The van der Waals surface area contributed by atoms with Gasteiger partial charge in [-0.1, -0.05) is 58.7 Å². The van der Waals surface area contributed by atoms with Gasteiger partial charge in [0, 0.05) is 6.54 Å². The van der Waals surface area contributed by atoms with E-state index in [-0.39, 0.29) is 6.10 Å². The number of rotatable bonds is 8. The minimum absolute atomic E-state index is 0.0777. The maximum absolute atomic E-state index is 13.7. The Labute approximate surface area is 148 Å². The molecule has 0 amide bonds. The molecule has 1 N–H and O–H groups in total. The summed E-state index contributed by atoms with van der Waals surface area (Å²) in [6.45, 7) is 9.68. The molecule has 0 unspecified atom stereocenters. The van der Waals surface area contributed by atoms with Gasteiger partial charge in [-0.15, -0.1) is 0 Å². The van der Waals surface area contributed by atoms with Gasteiger partial charge in [0.05, 0.1) is 11.4 Å². The molecule has 136 valence electrons. The first-order valence-electron chi connectivity index (χ1n) is 9.55. The smallest absolute Gasteiger partial charge is 0.299 e. The van der Waals surface area contributed by atoms with Crippen molar-refractivity contribution in [2.45, 2.75) is 65.9 Å². The van der Waals surface area contributed by atoms with Gasteiger partial charge < -0.3 is 4.52 Å². The predicted octanol–water partition coefficient (Wildman–Crippen LogP) is 5.37. The van der Waals surface area contributed by atoms with Crippen molar-refractivity contribution in [2.24, 2.45) is 17.8 Å². The van der Waals surface area contributed by atoms with Gasteiger partial charge in [0.15, 0.2) is 0 Å². The molecule has 2 rings (SSSR count). The summed E-state index contributed by atoms with van der Waals surface area (Å²) in [4.78, 5) is 0. The Morgan fingerprint density at radius 1 is 1.25 bits per heavy atom. The van der Waals surface area contributed by atoms with Crippen molar-refractivity contribution < 1.29 is 9.09 Å². The Balaban J connectivity index is 2.21. The maximum atomic E-state index is 13.7. The second-order valence-electron chi connectivity index (χ2n) is 7.62. The molecule has 0 aliphatic heterocycles. The topological polar surface area (TPSA) is 38.3 Å². The van der Waals surface area contributed by atoms with E-state index in [1.807, 2.05) is 30.3 Å². The van der Waals surface area contributed by atoms with Crippen LogP contribution in [0.2, 0.25) is 0 Å². The fourth-order valence-corrected chi connectivity index (χ4v) is 5.66. The predicted molar refractivity (Wildman–Crippen MR) is 103 cm³/mol. The highest BCUT2D eigenvalue weighted by atomic mass is 31.2. The molecular weight excluding hydrogens is 317 g/mol. The van der Waals surface area contributed by atoms with Crippen LogP contribution in [0, 0.1) is 17.8 Å². The highest BCUT2D eigenvalue weighted by Crippen LogP contribution is 2.48. The molecule has 4 heteroatoms. The van der Waals surface area contributed by atoms with E-state index in [1.54, 1.807) is 0 Å². The van der Waals surface area contributed by atoms with Gasteiger partial charge in [-0.3, -0.25) is 4.57 Å². The molecule has 1 aromatic carbocycles. The normalized spacial score (nSPS) is 27.1. The van der Waals surface area contributed by atoms with Crippen molar-refractivity contribution in [3.05, 3.63) is 30.3 Å². The molecule has 1 aromatic rings. The number of hydrogen-bond acceptors (Lipinski definition) is 2. The molecule has 1 saturated carbocycles. The van der Waals surface area contributed by atoms with Gasteiger partial charge in [-0.05, 0) is 49.1 Å². The summed E-state index contributed by atoms with van der Waals surface area (Å²) in [5.74, 6) is 1.69. The summed E-state index contributed by atoms with van der Waals surface area (Å²) in [7, 11) is -3.02. The number of nitrogens with one attached hydrogen (secondary N) is 1. The summed E-state index contributed by atoms with van der Waals surface area (Å²) >= 11 is 0. The van der Waals surface area contributed by atoms with Gasteiger partial charge >= 0.3 is 0 Å². The lowest BCUT2D eigenvalue weighted by atomic mass is 9.75. The molecule has 0 radical (unpaired) electrons. The first-order valence-corrected chi connectivity index (χ1v) is 11.2. The number of hydrogen-bond donors (Lipinski definition) is 1. The van der Waals surface area contributed by atoms with E-state index in [0.29, 0.717) is 17.8 Å². The van der Waals surface area contributed by atoms with Crippen LogP contribution in [0.25, 0.3) is 0 Å². The fraction of sp³-hybridized carbons (Fsp3) is 0.700. The molecule has 0 heterocycles. The number of benzene rings is 1. The van der Waals surface area contributed by atoms with Gasteiger partial charge in [-0.25, -0.2) is 5.09 Å². The van der Waals surface area contributed by atoms with Crippen molar-refractivity contribution >= 4 is 12.8 Å². The van der Waals surface area contributed by atoms with E-state index < -0.39 is 7.52 Å². The Morgan fingerprint density at radius 2 is 1.96 bits per heavy atom. The van der Waals surface area contributed by atoms with Crippen LogP contribution < -0.4 is 10.4 Å². The molecule has 1 aliphatic carbocycles. The lowest BCUT2D eigenvalue weighted by Crippen LogP contribution is -2.36. The highest BCUT2D eigenvalue weighted by molar-refractivity contribution is 7.65. The monoisotopic (exact) mass is 351 g/mol. The summed E-state index contributed by atoms with van der Waals surface area (Å²) in [5.41, 5.74) is 0. The molecule has 0 saturated heterocycles. The Kier molecular flexibility index (Phi) is 7.53. The lowest BCUT2D eigenvalue weighted by Gasteiger charge is -2.39. The Bertz CT molecular complexity index is 532. The van der Waals surface area contributed by atoms with E-state index in [9.17, 15) is 4.57 Å². The van der Waals surface area contributed by atoms with Gasteiger partial charge in [0.25, 0.3) is 7.52 Å². The molecule has 1 fully saturated rings. The average molecular weight is 351 g/mol. The molecule has 0 spiro atoms. The zero-order valence-electron chi connectivity index (χ0n) is 15.7. The molecule has 24 heavy (non-hydrogen) atoms. The van der Waals surface area contributed by atoms with Crippen molar-refractivity contribution in [3.63, 3.8) is 0 Å². The second-order valence-corrected chi connectivity index (χ2v) is 9.77. The van der Waals surface area contributed by atoms with Crippen LogP contribution in [0.5, 0.6) is 0 Å². The summed E-state index contributed by atoms with van der Waals surface area (Å²) in [6.07, 6.45) is 5.60.